The molecule has 0 aromatic heterocycles. The SMILES string of the molecule is O=C(O)C1(NC(=O)C(F)(F)C(F)F)CC1. The molecule has 0 radical (unpaired) electrons. The second kappa shape index (κ2) is 3.35. The van der Waals surface area contributed by atoms with E-state index in [-0.39, 0.29) is 12.8 Å². The number of carbonyl (C=O) groups is 2. The van der Waals surface area contributed by atoms with Crippen LogP contribution in [0.3, 0.4) is 0 Å². The van der Waals surface area contributed by atoms with Crippen molar-refractivity contribution in [1.82, 2.24) is 5.32 Å². The van der Waals surface area contributed by atoms with E-state index in [1.165, 1.54) is 5.32 Å². The smallest absolute Gasteiger partial charge is 0.383 e. The molecule has 0 aromatic carbocycles. The van der Waals surface area contributed by atoms with Gasteiger partial charge in [-0.25, -0.2) is 13.6 Å². The number of hydrogen-bond donors (Lipinski definition) is 2. The summed E-state index contributed by atoms with van der Waals surface area (Å²) in [5.41, 5.74) is -1.78. The van der Waals surface area contributed by atoms with Gasteiger partial charge < -0.3 is 10.4 Å². The minimum absolute atomic E-state index is 0.0343. The van der Waals surface area contributed by atoms with E-state index in [2.05, 4.69) is 0 Å². The number of rotatable bonds is 4. The minimum Gasteiger partial charge on any atom is -0.480 e. The molecule has 2 N–H and O–H groups in total. The molecule has 0 saturated heterocycles. The summed E-state index contributed by atoms with van der Waals surface area (Å²) < 4.78 is 48.2. The normalized spacial score (nSPS) is 18.7. The number of aliphatic carboxylic acids is 1. The molecule has 0 bridgehead atoms. The van der Waals surface area contributed by atoms with Crippen LogP contribution in [0.5, 0.6) is 0 Å². The Kier molecular flexibility index (Phi) is 2.62. The maximum Gasteiger partial charge on any atom is 0.383 e. The average molecular weight is 229 g/mol. The molecular formula is C7H7F4NO3. The van der Waals surface area contributed by atoms with Crippen LogP contribution in [0.4, 0.5) is 17.6 Å². The second-order valence-electron chi connectivity index (χ2n) is 3.27. The molecule has 1 saturated carbocycles. The van der Waals surface area contributed by atoms with Gasteiger partial charge in [-0.05, 0) is 12.8 Å². The Hall–Kier alpha value is -1.34. The molecule has 86 valence electrons. The summed E-state index contributed by atoms with van der Waals surface area (Å²) >= 11 is 0. The molecule has 0 aliphatic heterocycles. The van der Waals surface area contributed by atoms with Crippen molar-refractivity contribution in [2.75, 3.05) is 0 Å². The molecule has 8 heteroatoms. The summed E-state index contributed by atoms with van der Waals surface area (Å²) in [6, 6.07) is 0. The number of hydrogen-bond acceptors (Lipinski definition) is 2. The molecule has 0 heterocycles. The van der Waals surface area contributed by atoms with Crippen molar-refractivity contribution in [1.29, 1.82) is 0 Å². The van der Waals surface area contributed by atoms with E-state index in [0.717, 1.165) is 0 Å². The Morgan fingerprint density at radius 2 is 1.80 bits per heavy atom. The van der Waals surface area contributed by atoms with Crippen molar-refractivity contribution < 1.29 is 32.3 Å². The number of nitrogens with one attached hydrogen (secondary N) is 1. The maximum absolute atomic E-state index is 12.4. The fourth-order valence-corrected chi connectivity index (χ4v) is 0.917. The zero-order chi connectivity index (χ0) is 11.9. The quantitative estimate of drug-likeness (QED) is 0.694. The number of alkyl halides is 4. The highest BCUT2D eigenvalue weighted by atomic mass is 19.3. The van der Waals surface area contributed by atoms with E-state index in [4.69, 9.17) is 5.11 Å². The Labute approximate surface area is 81.3 Å². The molecule has 0 spiro atoms. The van der Waals surface area contributed by atoms with Crippen LogP contribution in [0.25, 0.3) is 0 Å². The zero-order valence-electron chi connectivity index (χ0n) is 7.27. The fourth-order valence-electron chi connectivity index (χ4n) is 0.917. The predicted molar refractivity (Wildman–Crippen MR) is 38.7 cm³/mol. The van der Waals surface area contributed by atoms with Gasteiger partial charge in [-0.15, -0.1) is 0 Å². The second-order valence-corrected chi connectivity index (χ2v) is 3.27. The third-order valence-corrected chi connectivity index (χ3v) is 2.09. The predicted octanol–water partition coefficient (Wildman–Crippen LogP) is 0.620. The standard InChI is InChI=1S/C7H7F4NO3/c8-3(9)7(10,11)4(13)12-6(1-2-6)5(14)15/h3H,1-2H2,(H,12,13)(H,14,15). The maximum atomic E-state index is 12.4. The first-order valence-corrected chi connectivity index (χ1v) is 3.94. The summed E-state index contributed by atoms with van der Waals surface area (Å²) in [6.07, 6.45) is -4.22. The van der Waals surface area contributed by atoms with Crippen molar-refractivity contribution in [3.63, 3.8) is 0 Å². The first kappa shape index (κ1) is 11.7. The van der Waals surface area contributed by atoms with Crippen molar-refractivity contribution in [3.8, 4) is 0 Å². The Balaban J connectivity index is 2.68. The van der Waals surface area contributed by atoms with Crippen molar-refractivity contribution in [3.05, 3.63) is 0 Å². The third kappa shape index (κ3) is 2.02. The molecule has 1 fully saturated rings. The summed E-state index contributed by atoms with van der Waals surface area (Å²) in [7, 11) is 0. The highest BCUT2D eigenvalue weighted by Crippen LogP contribution is 2.37. The lowest BCUT2D eigenvalue weighted by atomic mass is 10.2. The summed E-state index contributed by atoms with van der Waals surface area (Å²) in [5, 5.41) is 9.93. The van der Waals surface area contributed by atoms with E-state index in [0.29, 0.717) is 0 Å². The minimum atomic E-state index is -4.86. The molecule has 1 aliphatic rings. The highest BCUT2D eigenvalue weighted by Gasteiger charge is 2.57. The van der Waals surface area contributed by atoms with Gasteiger partial charge in [0.1, 0.15) is 5.54 Å². The molecule has 15 heavy (non-hydrogen) atoms. The topological polar surface area (TPSA) is 66.4 Å². The van der Waals surface area contributed by atoms with Crippen LogP contribution in [-0.2, 0) is 9.59 Å². The van der Waals surface area contributed by atoms with Crippen LogP contribution in [0.2, 0.25) is 0 Å². The van der Waals surface area contributed by atoms with Gasteiger partial charge in [-0.3, -0.25) is 4.79 Å². The van der Waals surface area contributed by atoms with Crippen LogP contribution in [0, 0.1) is 0 Å². The molecule has 1 aliphatic carbocycles. The van der Waals surface area contributed by atoms with E-state index in [9.17, 15) is 27.2 Å². The van der Waals surface area contributed by atoms with Gasteiger partial charge in [0.25, 0.3) is 5.91 Å². The van der Waals surface area contributed by atoms with Crippen molar-refractivity contribution in [2.24, 2.45) is 0 Å². The first-order chi connectivity index (χ1) is 6.72. The molecule has 1 rings (SSSR count). The molecule has 4 nitrogen and oxygen atoms in total. The highest BCUT2D eigenvalue weighted by molar-refractivity contribution is 5.92. The Morgan fingerprint density at radius 1 is 1.33 bits per heavy atom. The van der Waals surface area contributed by atoms with E-state index in [1.54, 1.807) is 0 Å². The number of carboxylic acids is 1. The largest absolute Gasteiger partial charge is 0.480 e. The van der Waals surface area contributed by atoms with Gasteiger partial charge in [0.05, 0.1) is 0 Å². The summed E-state index contributed by atoms with van der Waals surface area (Å²) in [5.74, 6) is -8.61. The lowest BCUT2D eigenvalue weighted by Gasteiger charge is -2.18. The van der Waals surface area contributed by atoms with Crippen LogP contribution in [0.1, 0.15) is 12.8 Å². The zero-order valence-corrected chi connectivity index (χ0v) is 7.27. The number of halogens is 4. The Bertz CT molecular complexity index is 301. The summed E-state index contributed by atoms with van der Waals surface area (Å²) in [6.45, 7) is 0. The fraction of sp³-hybridized carbons (Fsp3) is 0.714. The van der Waals surface area contributed by atoms with Crippen LogP contribution in [-0.4, -0.2) is 34.9 Å². The van der Waals surface area contributed by atoms with Crippen LogP contribution < -0.4 is 5.32 Å². The van der Waals surface area contributed by atoms with Gasteiger partial charge in [0, 0.05) is 0 Å². The van der Waals surface area contributed by atoms with Crippen LogP contribution >= 0.6 is 0 Å². The molecule has 0 unspecified atom stereocenters. The van der Waals surface area contributed by atoms with Gasteiger partial charge in [0.2, 0.25) is 0 Å². The van der Waals surface area contributed by atoms with Gasteiger partial charge >= 0.3 is 18.3 Å². The van der Waals surface area contributed by atoms with Gasteiger partial charge in [-0.2, -0.15) is 8.78 Å². The molecular weight excluding hydrogens is 222 g/mol. The van der Waals surface area contributed by atoms with E-state index in [1.807, 2.05) is 0 Å². The monoisotopic (exact) mass is 229 g/mol. The molecule has 0 aromatic rings. The van der Waals surface area contributed by atoms with E-state index >= 15 is 0 Å². The lowest BCUT2D eigenvalue weighted by Crippen LogP contribution is -2.52. The molecule has 1 amide bonds. The third-order valence-electron chi connectivity index (χ3n) is 2.09. The van der Waals surface area contributed by atoms with E-state index < -0.39 is 29.8 Å². The Morgan fingerprint density at radius 3 is 2.07 bits per heavy atom. The number of carboxylic acid groups (broad SMARTS) is 1. The van der Waals surface area contributed by atoms with Crippen molar-refractivity contribution in [2.45, 2.75) is 30.7 Å². The lowest BCUT2D eigenvalue weighted by molar-refractivity contribution is -0.172. The van der Waals surface area contributed by atoms with Crippen molar-refractivity contribution >= 4 is 11.9 Å². The summed E-state index contributed by atoms with van der Waals surface area (Å²) in [4.78, 5) is 21.1. The number of carbonyl (C=O) groups excluding carboxylic acids is 1. The van der Waals surface area contributed by atoms with Crippen LogP contribution in [0.15, 0.2) is 0 Å². The number of amides is 1. The molecule has 0 atom stereocenters. The first-order valence-electron chi connectivity index (χ1n) is 3.94. The van der Waals surface area contributed by atoms with Gasteiger partial charge in [-0.1, -0.05) is 0 Å². The average Bonchev–Trinajstić information content (AvgIpc) is 2.85. The van der Waals surface area contributed by atoms with Gasteiger partial charge in [0.15, 0.2) is 0 Å².